The number of rotatable bonds is 4. The van der Waals surface area contributed by atoms with Gasteiger partial charge in [0.05, 0.1) is 26.0 Å². The molecular formula is C15H17NO3. The first-order valence-electron chi connectivity index (χ1n) is 6.53. The third kappa shape index (κ3) is 3.09. The zero-order chi connectivity index (χ0) is 12.9. The normalized spacial score (nSPS) is 14.1. The van der Waals surface area contributed by atoms with E-state index in [0.29, 0.717) is 0 Å². The molecule has 0 radical (unpaired) electrons. The van der Waals surface area contributed by atoms with E-state index in [0.717, 1.165) is 50.0 Å². The lowest BCUT2D eigenvalue weighted by Gasteiger charge is -2.09. The van der Waals surface area contributed by atoms with Crippen molar-refractivity contribution in [1.82, 2.24) is 5.32 Å². The predicted octanol–water partition coefficient (Wildman–Crippen LogP) is 2.73. The van der Waals surface area contributed by atoms with Gasteiger partial charge in [0.1, 0.15) is 5.76 Å². The topological polar surface area (TPSA) is 43.6 Å². The lowest BCUT2D eigenvalue weighted by atomic mass is 10.2. The van der Waals surface area contributed by atoms with Crippen molar-refractivity contribution in [2.75, 3.05) is 13.2 Å². The van der Waals surface area contributed by atoms with Gasteiger partial charge >= 0.3 is 0 Å². The molecule has 0 aliphatic carbocycles. The van der Waals surface area contributed by atoms with Crippen LogP contribution in [-0.4, -0.2) is 13.2 Å². The molecule has 100 valence electrons. The van der Waals surface area contributed by atoms with Crippen LogP contribution in [0.1, 0.15) is 17.7 Å². The van der Waals surface area contributed by atoms with Crippen molar-refractivity contribution in [3.05, 3.63) is 47.9 Å². The second kappa shape index (κ2) is 5.80. The smallest absolute Gasteiger partial charge is 0.161 e. The number of fused-ring (bicyclic) bond motifs is 1. The van der Waals surface area contributed by atoms with Crippen LogP contribution in [0.5, 0.6) is 11.5 Å². The molecule has 0 bridgehead atoms. The van der Waals surface area contributed by atoms with Crippen molar-refractivity contribution in [2.45, 2.75) is 19.5 Å². The molecule has 2 aromatic rings. The van der Waals surface area contributed by atoms with Gasteiger partial charge in [-0.05, 0) is 29.8 Å². The van der Waals surface area contributed by atoms with Gasteiger partial charge in [-0.2, -0.15) is 0 Å². The van der Waals surface area contributed by atoms with Crippen molar-refractivity contribution < 1.29 is 13.9 Å². The van der Waals surface area contributed by atoms with Gasteiger partial charge in [0.15, 0.2) is 11.5 Å². The summed E-state index contributed by atoms with van der Waals surface area (Å²) in [6.07, 6.45) is 2.62. The Morgan fingerprint density at radius 1 is 1.00 bits per heavy atom. The van der Waals surface area contributed by atoms with Crippen molar-refractivity contribution in [1.29, 1.82) is 0 Å². The minimum atomic E-state index is 0.719. The molecule has 1 aliphatic heterocycles. The van der Waals surface area contributed by atoms with Gasteiger partial charge in [-0.25, -0.2) is 0 Å². The molecule has 1 N–H and O–H groups in total. The van der Waals surface area contributed by atoms with E-state index in [1.165, 1.54) is 5.56 Å². The van der Waals surface area contributed by atoms with Crippen molar-refractivity contribution in [2.24, 2.45) is 0 Å². The minimum Gasteiger partial charge on any atom is -0.490 e. The summed E-state index contributed by atoms with van der Waals surface area (Å²) in [4.78, 5) is 0. The molecule has 0 unspecified atom stereocenters. The Morgan fingerprint density at radius 3 is 2.74 bits per heavy atom. The van der Waals surface area contributed by atoms with Gasteiger partial charge in [0, 0.05) is 13.0 Å². The van der Waals surface area contributed by atoms with Crippen LogP contribution in [0.4, 0.5) is 0 Å². The summed E-state index contributed by atoms with van der Waals surface area (Å²) >= 11 is 0. The maximum absolute atomic E-state index is 5.67. The Morgan fingerprint density at radius 2 is 1.89 bits per heavy atom. The van der Waals surface area contributed by atoms with Crippen molar-refractivity contribution >= 4 is 0 Å². The first kappa shape index (κ1) is 12.1. The molecule has 0 fully saturated rings. The van der Waals surface area contributed by atoms with E-state index in [4.69, 9.17) is 13.9 Å². The second-order valence-electron chi connectivity index (χ2n) is 4.51. The third-order valence-electron chi connectivity index (χ3n) is 3.02. The zero-order valence-corrected chi connectivity index (χ0v) is 10.7. The largest absolute Gasteiger partial charge is 0.490 e. The first-order valence-corrected chi connectivity index (χ1v) is 6.53. The molecule has 4 heteroatoms. The molecule has 0 spiro atoms. The minimum absolute atomic E-state index is 0.719. The molecule has 19 heavy (non-hydrogen) atoms. The Balaban J connectivity index is 1.60. The van der Waals surface area contributed by atoms with E-state index in [9.17, 15) is 0 Å². The van der Waals surface area contributed by atoms with Gasteiger partial charge in [-0.15, -0.1) is 0 Å². The van der Waals surface area contributed by atoms with Crippen molar-refractivity contribution in [3.8, 4) is 11.5 Å². The fraction of sp³-hybridized carbons (Fsp3) is 0.333. The number of hydrogen-bond acceptors (Lipinski definition) is 4. The molecule has 0 amide bonds. The molecule has 0 atom stereocenters. The van der Waals surface area contributed by atoms with Crippen LogP contribution in [0.2, 0.25) is 0 Å². The molecule has 1 aliphatic rings. The summed E-state index contributed by atoms with van der Waals surface area (Å²) in [5, 5.41) is 3.34. The lowest BCUT2D eigenvalue weighted by molar-refractivity contribution is 0.297. The molecule has 0 saturated carbocycles. The van der Waals surface area contributed by atoms with Gasteiger partial charge < -0.3 is 19.2 Å². The molecule has 1 aromatic carbocycles. The summed E-state index contributed by atoms with van der Waals surface area (Å²) < 4.78 is 16.5. The van der Waals surface area contributed by atoms with Crippen LogP contribution in [0.25, 0.3) is 0 Å². The fourth-order valence-corrected chi connectivity index (χ4v) is 2.06. The number of benzene rings is 1. The Bertz CT molecular complexity index is 522. The van der Waals surface area contributed by atoms with Crippen LogP contribution < -0.4 is 14.8 Å². The van der Waals surface area contributed by atoms with E-state index >= 15 is 0 Å². The average molecular weight is 259 g/mol. The van der Waals surface area contributed by atoms with Gasteiger partial charge in [0.2, 0.25) is 0 Å². The number of furan rings is 1. The van der Waals surface area contributed by atoms with E-state index in [1.807, 2.05) is 24.3 Å². The van der Waals surface area contributed by atoms with Crippen LogP contribution in [0, 0.1) is 0 Å². The fourth-order valence-electron chi connectivity index (χ4n) is 2.06. The number of nitrogens with one attached hydrogen (secondary N) is 1. The van der Waals surface area contributed by atoms with Crippen LogP contribution in [-0.2, 0) is 13.1 Å². The monoisotopic (exact) mass is 259 g/mol. The zero-order valence-electron chi connectivity index (χ0n) is 10.7. The second-order valence-corrected chi connectivity index (χ2v) is 4.51. The van der Waals surface area contributed by atoms with E-state index in [-0.39, 0.29) is 0 Å². The Kier molecular flexibility index (Phi) is 3.70. The maximum atomic E-state index is 5.67. The first-order chi connectivity index (χ1) is 9.42. The van der Waals surface area contributed by atoms with Gasteiger partial charge in [-0.1, -0.05) is 6.07 Å². The highest BCUT2D eigenvalue weighted by molar-refractivity contribution is 5.43. The average Bonchev–Trinajstić information content (AvgIpc) is 2.83. The Hall–Kier alpha value is -1.94. The highest BCUT2D eigenvalue weighted by Crippen LogP contribution is 2.30. The standard InChI is InChI=1S/C15H17NO3/c1-3-13(17-6-1)11-16-10-12-4-5-14-15(9-12)19-8-2-7-18-14/h1,3-6,9,16H,2,7-8,10-11H2. The van der Waals surface area contributed by atoms with Crippen molar-refractivity contribution in [3.63, 3.8) is 0 Å². The number of hydrogen-bond donors (Lipinski definition) is 1. The highest BCUT2D eigenvalue weighted by atomic mass is 16.5. The summed E-state index contributed by atoms with van der Waals surface area (Å²) in [7, 11) is 0. The summed E-state index contributed by atoms with van der Waals surface area (Å²) in [6, 6.07) is 9.93. The maximum Gasteiger partial charge on any atom is 0.161 e. The summed E-state index contributed by atoms with van der Waals surface area (Å²) in [5.41, 5.74) is 1.18. The molecule has 4 nitrogen and oxygen atoms in total. The third-order valence-corrected chi connectivity index (χ3v) is 3.02. The predicted molar refractivity (Wildman–Crippen MR) is 71.3 cm³/mol. The van der Waals surface area contributed by atoms with E-state index in [2.05, 4.69) is 11.4 Å². The van der Waals surface area contributed by atoms with E-state index < -0.39 is 0 Å². The Labute approximate surface area is 112 Å². The highest BCUT2D eigenvalue weighted by Gasteiger charge is 2.10. The molecule has 2 heterocycles. The molecule has 0 saturated heterocycles. The SMILES string of the molecule is c1coc(CNCc2ccc3c(c2)OCCCO3)c1. The summed E-state index contributed by atoms with van der Waals surface area (Å²) in [5.74, 6) is 2.62. The van der Waals surface area contributed by atoms with E-state index in [1.54, 1.807) is 6.26 Å². The van der Waals surface area contributed by atoms with Crippen LogP contribution >= 0.6 is 0 Å². The number of ether oxygens (including phenoxy) is 2. The molecule has 3 rings (SSSR count). The molecule has 1 aromatic heterocycles. The van der Waals surface area contributed by atoms with Gasteiger partial charge in [-0.3, -0.25) is 0 Å². The van der Waals surface area contributed by atoms with Crippen LogP contribution in [0.15, 0.2) is 41.0 Å². The van der Waals surface area contributed by atoms with Crippen LogP contribution in [0.3, 0.4) is 0 Å². The van der Waals surface area contributed by atoms with Gasteiger partial charge in [0.25, 0.3) is 0 Å². The quantitative estimate of drug-likeness (QED) is 0.917. The summed E-state index contributed by atoms with van der Waals surface area (Å²) in [6.45, 7) is 2.94. The molecular weight excluding hydrogens is 242 g/mol. The lowest BCUT2D eigenvalue weighted by Crippen LogP contribution is -2.12.